The zero-order valence-electron chi connectivity index (χ0n) is 25.2. The van der Waals surface area contributed by atoms with Gasteiger partial charge in [0.1, 0.15) is 17.2 Å². The van der Waals surface area contributed by atoms with Gasteiger partial charge in [-0.3, -0.25) is 19.1 Å². The molecule has 226 valence electrons. The summed E-state index contributed by atoms with van der Waals surface area (Å²) in [5.41, 5.74) is 4.70. The number of phenols is 1. The largest absolute Gasteiger partial charge is 0.508 e. The molecule has 7 rings (SSSR count). The van der Waals surface area contributed by atoms with Crippen molar-refractivity contribution >= 4 is 40.6 Å². The second-order valence-electron chi connectivity index (χ2n) is 11.6. The van der Waals surface area contributed by atoms with Gasteiger partial charge in [0, 0.05) is 53.7 Å². The number of anilines is 2. The van der Waals surface area contributed by atoms with Gasteiger partial charge >= 0.3 is 0 Å². The summed E-state index contributed by atoms with van der Waals surface area (Å²) in [6.07, 6.45) is 2.47. The minimum Gasteiger partial charge on any atom is -0.508 e. The maximum atomic E-state index is 14.8. The topological polar surface area (TPSA) is 84.3 Å². The Morgan fingerprint density at radius 3 is 2.32 bits per heavy atom. The van der Waals surface area contributed by atoms with E-state index < -0.39 is 0 Å². The Morgan fingerprint density at radius 2 is 1.61 bits per heavy atom. The van der Waals surface area contributed by atoms with Crippen molar-refractivity contribution in [3.8, 4) is 22.8 Å². The van der Waals surface area contributed by atoms with Crippen molar-refractivity contribution in [2.75, 3.05) is 24.6 Å². The molecule has 10 heteroatoms. The van der Waals surface area contributed by atoms with Gasteiger partial charge in [-0.2, -0.15) is 0 Å². The zero-order chi connectivity index (χ0) is 31.3. The number of piperidine rings is 1. The minimum absolute atomic E-state index is 0.0205. The molecule has 4 aromatic rings. The van der Waals surface area contributed by atoms with Crippen molar-refractivity contribution in [3.63, 3.8) is 0 Å². The third-order valence-corrected chi connectivity index (χ3v) is 9.40. The number of nitrogens with zero attached hydrogens (tertiary/aromatic N) is 5. The highest BCUT2D eigenvalue weighted by molar-refractivity contribution is 6.31. The van der Waals surface area contributed by atoms with Gasteiger partial charge in [0.25, 0.3) is 11.8 Å². The van der Waals surface area contributed by atoms with Crippen molar-refractivity contribution in [3.05, 3.63) is 87.5 Å². The number of carbonyl (C=O) groups is 2. The number of hydrogen-bond donors (Lipinski definition) is 1. The molecule has 3 aliphatic rings. The molecule has 4 bridgehead atoms. The molecule has 5 heterocycles. The first kappa shape index (κ1) is 29.4. The maximum Gasteiger partial charge on any atom is 0.264 e. The highest BCUT2D eigenvalue weighted by Crippen LogP contribution is 2.42. The molecule has 3 aliphatic heterocycles. The van der Waals surface area contributed by atoms with E-state index >= 15 is 0 Å². The Kier molecular flexibility index (Phi) is 7.64. The zero-order valence-corrected chi connectivity index (χ0v) is 26.0. The average Bonchev–Trinajstić information content (AvgIpc) is 3.47. The normalized spacial score (nSPS) is 15.9. The highest BCUT2D eigenvalue weighted by Gasteiger charge is 2.32. The van der Waals surface area contributed by atoms with Crippen molar-refractivity contribution in [1.29, 1.82) is 0 Å². The van der Waals surface area contributed by atoms with E-state index in [2.05, 4.69) is 4.85 Å². The van der Waals surface area contributed by atoms with Crippen molar-refractivity contribution in [2.45, 2.75) is 33.1 Å². The number of ether oxygens (including phenoxy) is 1. The molecule has 0 saturated carbocycles. The Bertz CT molecular complexity index is 1840. The van der Waals surface area contributed by atoms with Crippen LogP contribution in [0.4, 0.5) is 17.2 Å². The van der Waals surface area contributed by atoms with Gasteiger partial charge in [0.2, 0.25) is 5.82 Å². The molecule has 2 aromatic carbocycles. The van der Waals surface area contributed by atoms with Crippen LogP contribution in [0.15, 0.2) is 48.5 Å². The summed E-state index contributed by atoms with van der Waals surface area (Å²) in [6, 6.07) is 13.5. The van der Waals surface area contributed by atoms with Crippen molar-refractivity contribution in [1.82, 2.24) is 14.0 Å². The number of phenolic OH excluding ortho intramolecular Hbond substituents is 1. The molecule has 0 aliphatic carbocycles. The fraction of sp³-hybridized carbons (Fsp3) is 0.324. The molecule has 2 aromatic heterocycles. The van der Waals surface area contributed by atoms with E-state index in [0.29, 0.717) is 81.7 Å². The number of benzene rings is 2. The molecule has 0 spiro atoms. The number of aromatic nitrogens is 2. The quantitative estimate of drug-likeness (QED) is 0.231. The number of fused-ring (bicyclic) bond motifs is 5. The summed E-state index contributed by atoms with van der Waals surface area (Å²) in [5.74, 6) is 0.745. The number of rotatable bonds is 1. The van der Waals surface area contributed by atoms with Crippen LogP contribution in [0.1, 0.15) is 51.4 Å². The second kappa shape index (κ2) is 11.4. The second-order valence-corrected chi connectivity index (χ2v) is 12.0. The Hall–Kier alpha value is -4.68. The van der Waals surface area contributed by atoms with Crippen molar-refractivity contribution in [2.24, 2.45) is 20.0 Å². The fourth-order valence-corrected chi connectivity index (χ4v) is 6.46. The summed E-state index contributed by atoms with van der Waals surface area (Å²) < 4.78 is 9.95. The van der Waals surface area contributed by atoms with Crippen LogP contribution in [0, 0.1) is 26.3 Å². The number of hydrogen-bond acceptors (Lipinski definition) is 4. The molecule has 1 saturated heterocycles. The lowest BCUT2D eigenvalue weighted by molar-refractivity contribution is 0.0680. The van der Waals surface area contributed by atoms with Gasteiger partial charge in [-0.15, -0.1) is 0 Å². The first-order chi connectivity index (χ1) is 21.1. The molecular weight excluding hydrogens is 578 g/mol. The number of amides is 2. The molecular formula is C34H34ClN5O4. The van der Waals surface area contributed by atoms with E-state index in [0.717, 1.165) is 25.0 Å². The smallest absolute Gasteiger partial charge is 0.264 e. The van der Waals surface area contributed by atoms with Crippen LogP contribution in [-0.4, -0.2) is 50.7 Å². The van der Waals surface area contributed by atoms with E-state index in [1.165, 1.54) is 12.1 Å². The van der Waals surface area contributed by atoms with E-state index in [4.69, 9.17) is 22.9 Å². The van der Waals surface area contributed by atoms with Crippen LogP contribution in [0.5, 0.6) is 11.5 Å². The van der Waals surface area contributed by atoms with E-state index in [1.807, 2.05) is 30.4 Å². The van der Waals surface area contributed by atoms with Crippen LogP contribution in [0.3, 0.4) is 0 Å². The molecule has 1 fully saturated rings. The lowest BCUT2D eigenvalue weighted by atomic mass is 9.93. The lowest BCUT2D eigenvalue weighted by Crippen LogP contribution is -2.39. The maximum absolute atomic E-state index is 14.8. The lowest BCUT2D eigenvalue weighted by Gasteiger charge is -2.32. The predicted octanol–water partition coefficient (Wildman–Crippen LogP) is 7.17. The predicted molar refractivity (Wildman–Crippen MR) is 170 cm³/mol. The highest BCUT2D eigenvalue weighted by atomic mass is 35.5. The van der Waals surface area contributed by atoms with Crippen LogP contribution in [0.25, 0.3) is 16.1 Å². The first-order valence-electron chi connectivity index (χ1n) is 14.7. The minimum atomic E-state index is -0.340. The summed E-state index contributed by atoms with van der Waals surface area (Å²) in [7, 11) is 3.66. The van der Waals surface area contributed by atoms with Gasteiger partial charge in [0.05, 0.1) is 30.6 Å². The number of aromatic hydroxyl groups is 1. The summed E-state index contributed by atoms with van der Waals surface area (Å²) >= 11 is 6.48. The van der Waals surface area contributed by atoms with E-state index in [9.17, 15) is 14.7 Å². The van der Waals surface area contributed by atoms with E-state index in [1.54, 1.807) is 52.9 Å². The summed E-state index contributed by atoms with van der Waals surface area (Å²) in [6.45, 7) is 13.1. The molecule has 9 nitrogen and oxygen atoms in total. The Morgan fingerprint density at radius 1 is 0.864 bits per heavy atom. The van der Waals surface area contributed by atoms with Crippen molar-refractivity contribution < 1.29 is 19.4 Å². The third kappa shape index (κ3) is 4.99. The Labute approximate surface area is 261 Å². The Balaban J connectivity index is 1.60. The van der Waals surface area contributed by atoms with Crippen LogP contribution < -0.4 is 9.64 Å². The SMILES string of the molecule is [C-]#[N+]c1cc(N2C(=O)c3cc(n(C)c3C)-c3cc(Cl)ccc3C(=O)N3CCC(CCOc4cc(O)ccc42)CC3)c(C)n1C. The van der Waals surface area contributed by atoms with Gasteiger partial charge in [-0.25, -0.2) is 0 Å². The monoisotopic (exact) mass is 611 g/mol. The fourth-order valence-electron chi connectivity index (χ4n) is 6.29. The van der Waals surface area contributed by atoms with E-state index in [-0.39, 0.29) is 17.6 Å². The van der Waals surface area contributed by atoms with Gasteiger partial charge in [-0.1, -0.05) is 18.2 Å². The van der Waals surface area contributed by atoms with Crippen LogP contribution in [0.2, 0.25) is 5.02 Å². The molecule has 44 heavy (non-hydrogen) atoms. The van der Waals surface area contributed by atoms with Crippen LogP contribution in [-0.2, 0) is 14.1 Å². The molecule has 0 radical (unpaired) electrons. The first-order valence-corrected chi connectivity index (χ1v) is 15.1. The summed E-state index contributed by atoms with van der Waals surface area (Å²) in [5, 5.41) is 10.9. The van der Waals surface area contributed by atoms with Gasteiger partial charge in [0.15, 0.2) is 0 Å². The van der Waals surface area contributed by atoms with Gasteiger partial charge < -0.3 is 24.2 Å². The van der Waals surface area contributed by atoms with Crippen LogP contribution >= 0.6 is 11.6 Å². The summed E-state index contributed by atoms with van der Waals surface area (Å²) in [4.78, 5) is 35.7. The molecule has 0 atom stereocenters. The average molecular weight is 612 g/mol. The number of carbonyl (C=O) groups excluding carboxylic acids is 2. The number of halogens is 1. The molecule has 2 amide bonds. The molecule has 1 N–H and O–H groups in total. The molecule has 0 unspecified atom stereocenters. The third-order valence-electron chi connectivity index (χ3n) is 9.17. The van der Waals surface area contributed by atoms with Gasteiger partial charge in [-0.05, 0) is 81.5 Å². The standard InChI is InChI=1S/C34H34ClN5O4/c1-20-26-18-30(37(20)4)27-16-23(35)6-8-25(27)33(42)39-13-10-22(11-14-39)12-15-44-31-17-24(41)7-9-28(31)40(34(26)43)29-19-32(36-3)38(5)21(29)2/h6-9,16-19,22,41H,10-15H2,1-2,4-5H3.